The largest absolute Gasteiger partial charge is 0.383 e. The van der Waals surface area contributed by atoms with Gasteiger partial charge in [0.05, 0.1) is 11.9 Å². The monoisotopic (exact) mass is 208 g/mol. The molecule has 2 aromatic heterocycles. The summed E-state index contributed by atoms with van der Waals surface area (Å²) < 4.78 is 0. The number of rotatable bonds is 2. The number of aromatic nitrogens is 2. The normalized spacial score (nSPS) is 10.0. The highest BCUT2D eigenvalue weighted by atomic mass is 32.1. The summed E-state index contributed by atoms with van der Waals surface area (Å²) in [7, 11) is 0. The predicted octanol–water partition coefficient (Wildman–Crippen LogP) is 1.31. The minimum absolute atomic E-state index is 0.255. The van der Waals surface area contributed by atoms with Gasteiger partial charge in [0.1, 0.15) is 11.4 Å². The maximum absolute atomic E-state index is 11.5. The number of hydrogen-bond donors (Lipinski definition) is 3. The Balaban J connectivity index is 2.14. The van der Waals surface area contributed by atoms with Crippen molar-refractivity contribution < 1.29 is 4.79 Å². The van der Waals surface area contributed by atoms with Gasteiger partial charge in [-0.1, -0.05) is 0 Å². The second-order valence-electron chi connectivity index (χ2n) is 2.66. The Kier molecular flexibility index (Phi) is 2.19. The van der Waals surface area contributed by atoms with E-state index in [1.165, 1.54) is 17.5 Å². The van der Waals surface area contributed by atoms with Crippen LogP contribution in [0.1, 0.15) is 10.4 Å². The fourth-order valence-corrected chi connectivity index (χ4v) is 1.60. The van der Waals surface area contributed by atoms with Crippen molar-refractivity contribution in [1.29, 1.82) is 0 Å². The summed E-state index contributed by atoms with van der Waals surface area (Å²) in [5, 5.41) is 12.6. The first-order valence-electron chi connectivity index (χ1n) is 3.90. The number of thiophene rings is 1. The van der Waals surface area contributed by atoms with Gasteiger partial charge < -0.3 is 11.1 Å². The zero-order valence-corrected chi connectivity index (χ0v) is 7.97. The van der Waals surface area contributed by atoms with Crippen LogP contribution in [0.5, 0.6) is 0 Å². The molecule has 0 aliphatic rings. The molecule has 0 unspecified atom stereocenters. The zero-order chi connectivity index (χ0) is 9.97. The van der Waals surface area contributed by atoms with Gasteiger partial charge in [-0.25, -0.2) is 0 Å². The highest BCUT2D eigenvalue weighted by molar-refractivity contribution is 7.08. The van der Waals surface area contributed by atoms with E-state index in [4.69, 9.17) is 5.73 Å². The fraction of sp³-hybridized carbons (Fsp3) is 0. The molecule has 0 radical (unpaired) electrons. The standard InChI is InChI=1S/C8H8N4OS/c9-7-6(3-10-12-7)8(13)11-5-1-2-14-4-5/h1-4H,(H,11,13)(H3,9,10,12). The third-order valence-electron chi connectivity index (χ3n) is 1.69. The number of nitrogens with zero attached hydrogens (tertiary/aromatic N) is 1. The van der Waals surface area contributed by atoms with Crippen LogP contribution in [0.2, 0.25) is 0 Å². The second kappa shape index (κ2) is 3.51. The maximum Gasteiger partial charge on any atom is 0.261 e. The van der Waals surface area contributed by atoms with Crippen molar-refractivity contribution in [2.75, 3.05) is 11.1 Å². The molecule has 0 aromatic carbocycles. The molecule has 2 aromatic rings. The first-order chi connectivity index (χ1) is 6.77. The van der Waals surface area contributed by atoms with Crippen LogP contribution in [0, 0.1) is 0 Å². The number of hydrogen-bond acceptors (Lipinski definition) is 4. The highest BCUT2D eigenvalue weighted by Gasteiger charge is 2.11. The Morgan fingerprint density at radius 3 is 3.07 bits per heavy atom. The van der Waals surface area contributed by atoms with Crippen molar-refractivity contribution in [3.05, 3.63) is 28.6 Å². The topological polar surface area (TPSA) is 83.8 Å². The number of H-pyrrole nitrogens is 1. The molecular formula is C8H8N4OS. The number of aromatic amines is 1. The highest BCUT2D eigenvalue weighted by Crippen LogP contribution is 2.14. The van der Waals surface area contributed by atoms with Gasteiger partial charge in [0.2, 0.25) is 0 Å². The van der Waals surface area contributed by atoms with Gasteiger partial charge in [0.15, 0.2) is 0 Å². The molecule has 0 spiro atoms. The van der Waals surface area contributed by atoms with E-state index < -0.39 is 0 Å². The van der Waals surface area contributed by atoms with Gasteiger partial charge in [-0.3, -0.25) is 9.89 Å². The molecule has 2 heterocycles. The van der Waals surface area contributed by atoms with Crippen LogP contribution in [-0.4, -0.2) is 16.1 Å². The Bertz CT molecular complexity index is 434. The molecule has 1 amide bonds. The van der Waals surface area contributed by atoms with E-state index in [9.17, 15) is 4.79 Å². The summed E-state index contributed by atoms with van der Waals surface area (Å²) in [5.74, 6) is 0.0207. The molecule has 5 nitrogen and oxygen atoms in total. The number of anilines is 2. The van der Waals surface area contributed by atoms with Crippen LogP contribution in [0.15, 0.2) is 23.0 Å². The van der Waals surface area contributed by atoms with Crippen LogP contribution in [-0.2, 0) is 0 Å². The first kappa shape index (κ1) is 8.76. The number of nitrogen functional groups attached to an aromatic ring is 1. The van der Waals surface area contributed by atoms with Crippen molar-refractivity contribution >= 4 is 28.7 Å². The van der Waals surface area contributed by atoms with E-state index >= 15 is 0 Å². The van der Waals surface area contributed by atoms with Crippen LogP contribution >= 0.6 is 11.3 Å². The summed E-state index contributed by atoms with van der Waals surface area (Å²) in [6, 6.07) is 1.82. The van der Waals surface area contributed by atoms with Crippen molar-refractivity contribution in [2.24, 2.45) is 0 Å². The van der Waals surface area contributed by atoms with Crippen LogP contribution in [0.25, 0.3) is 0 Å². The molecular weight excluding hydrogens is 200 g/mol. The quantitative estimate of drug-likeness (QED) is 0.695. The summed E-state index contributed by atoms with van der Waals surface area (Å²) >= 11 is 1.51. The van der Waals surface area contributed by atoms with Crippen molar-refractivity contribution in [1.82, 2.24) is 10.2 Å². The number of nitrogens with one attached hydrogen (secondary N) is 2. The fourth-order valence-electron chi connectivity index (χ4n) is 1.01. The Morgan fingerprint density at radius 2 is 2.50 bits per heavy atom. The van der Waals surface area contributed by atoms with Crippen molar-refractivity contribution in [3.63, 3.8) is 0 Å². The third-order valence-corrected chi connectivity index (χ3v) is 2.38. The molecule has 72 valence electrons. The SMILES string of the molecule is Nc1[nH]ncc1C(=O)Nc1ccsc1. The Labute approximate surface area is 83.9 Å². The van der Waals surface area contributed by atoms with Crippen LogP contribution < -0.4 is 11.1 Å². The number of nitrogens with two attached hydrogens (primary N) is 1. The number of amides is 1. The minimum Gasteiger partial charge on any atom is -0.383 e. The van der Waals surface area contributed by atoms with Gasteiger partial charge in [0.25, 0.3) is 5.91 Å². The van der Waals surface area contributed by atoms with Crippen molar-refractivity contribution in [3.8, 4) is 0 Å². The molecule has 14 heavy (non-hydrogen) atoms. The van der Waals surface area contributed by atoms with E-state index in [1.54, 1.807) is 0 Å². The number of carbonyl (C=O) groups excluding carboxylic acids is 1. The van der Waals surface area contributed by atoms with Gasteiger partial charge >= 0.3 is 0 Å². The van der Waals surface area contributed by atoms with E-state index in [-0.39, 0.29) is 11.7 Å². The number of carbonyl (C=O) groups is 1. The van der Waals surface area contributed by atoms with Gasteiger partial charge in [-0.15, -0.1) is 0 Å². The van der Waals surface area contributed by atoms with Gasteiger partial charge in [-0.05, 0) is 11.4 Å². The van der Waals surface area contributed by atoms with E-state index in [0.29, 0.717) is 5.56 Å². The first-order valence-corrected chi connectivity index (χ1v) is 4.84. The van der Waals surface area contributed by atoms with E-state index in [1.807, 2.05) is 16.8 Å². The Hall–Kier alpha value is -1.82. The lowest BCUT2D eigenvalue weighted by Crippen LogP contribution is -2.12. The lowest BCUT2D eigenvalue weighted by atomic mass is 10.3. The van der Waals surface area contributed by atoms with Gasteiger partial charge in [0, 0.05) is 5.38 Å². The molecule has 0 saturated carbocycles. The molecule has 0 aliphatic carbocycles. The second-order valence-corrected chi connectivity index (χ2v) is 3.44. The predicted molar refractivity (Wildman–Crippen MR) is 55.3 cm³/mol. The lowest BCUT2D eigenvalue weighted by molar-refractivity contribution is 0.102. The molecule has 0 fully saturated rings. The molecule has 6 heteroatoms. The average Bonchev–Trinajstić information content (AvgIpc) is 2.75. The van der Waals surface area contributed by atoms with Gasteiger partial charge in [-0.2, -0.15) is 16.4 Å². The molecule has 4 N–H and O–H groups in total. The summed E-state index contributed by atoms with van der Waals surface area (Å²) in [6.45, 7) is 0. The average molecular weight is 208 g/mol. The molecule has 2 rings (SSSR count). The third kappa shape index (κ3) is 1.60. The molecule has 0 atom stereocenters. The summed E-state index contributed by atoms with van der Waals surface area (Å²) in [4.78, 5) is 11.5. The van der Waals surface area contributed by atoms with Crippen LogP contribution in [0.4, 0.5) is 11.5 Å². The smallest absolute Gasteiger partial charge is 0.261 e. The molecule has 0 bridgehead atoms. The molecule has 0 aliphatic heterocycles. The molecule has 0 saturated heterocycles. The van der Waals surface area contributed by atoms with E-state index in [2.05, 4.69) is 15.5 Å². The summed E-state index contributed by atoms with van der Waals surface area (Å²) in [6.07, 6.45) is 1.40. The minimum atomic E-state index is -0.255. The van der Waals surface area contributed by atoms with Crippen LogP contribution in [0.3, 0.4) is 0 Å². The summed E-state index contributed by atoms with van der Waals surface area (Å²) in [5.41, 5.74) is 6.62. The zero-order valence-electron chi connectivity index (χ0n) is 7.15. The Morgan fingerprint density at radius 1 is 1.64 bits per heavy atom. The maximum atomic E-state index is 11.5. The lowest BCUT2D eigenvalue weighted by Gasteiger charge is -1.99. The van der Waals surface area contributed by atoms with Crippen molar-refractivity contribution in [2.45, 2.75) is 0 Å². The van der Waals surface area contributed by atoms with E-state index in [0.717, 1.165) is 5.69 Å².